The Kier molecular flexibility index (Phi) is 3.50. The molecular weight excluding hydrogens is 296 g/mol. The molecule has 3 rings (SSSR count). The fourth-order valence-corrected chi connectivity index (χ4v) is 2.85. The summed E-state index contributed by atoms with van der Waals surface area (Å²) in [6, 6.07) is 7.07. The Morgan fingerprint density at radius 2 is 2.20 bits per heavy atom. The molecule has 0 saturated heterocycles. The average Bonchev–Trinajstić information content (AvgIpc) is 2.79. The van der Waals surface area contributed by atoms with Crippen molar-refractivity contribution in [3.8, 4) is 5.75 Å². The van der Waals surface area contributed by atoms with Crippen LogP contribution in [0.4, 0.5) is 0 Å². The molecule has 1 N–H and O–H groups in total. The van der Waals surface area contributed by atoms with Crippen LogP contribution in [0.15, 0.2) is 35.4 Å². The fraction of sp³-hybridized carbons (Fsp3) is 0.154. The summed E-state index contributed by atoms with van der Waals surface area (Å²) in [6.45, 7) is 0. The normalized spacial score (nSPS) is 11.1. The Labute approximate surface area is 124 Å². The quantitative estimate of drug-likeness (QED) is 0.595. The van der Waals surface area contributed by atoms with Crippen LogP contribution in [0.2, 0.25) is 5.15 Å². The van der Waals surface area contributed by atoms with Crippen molar-refractivity contribution in [2.24, 2.45) is 7.05 Å². The molecule has 0 bridgehead atoms. The lowest BCUT2D eigenvalue weighted by Gasteiger charge is -2.03. The van der Waals surface area contributed by atoms with Crippen molar-refractivity contribution in [3.05, 3.63) is 41.4 Å². The number of aromatic nitrogens is 4. The Morgan fingerprint density at radius 1 is 1.35 bits per heavy atom. The number of benzene rings is 1. The number of aromatic hydroxyl groups is 1. The summed E-state index contributed by atoms with van der Waals surface area (Å²) in [7, 11) is 1.82. The van der Waals surface area contributed by atoms with Crippen molar-refractivity contribution < 1.29 is 5.11 Å². The van der Waals surface area contributed by atoms with Gasteiger partial charge in [-0.15, -0.1) is 11.8 Å². The van der Waals surface area contributed by atoms with Gasteiger partial charge < -0.3 is 5.11 Å². The van der Waals surface area contributed by atoms with Crippen molar-refractivity contribution in [2.45, 2.75) is 10.6 Å². The molecule has 0 fully saturated rings. The van der Waals surface area contributed by atoms with E-state index >= 15 is 0 Å². The molecular formula is C13H11ClN4OS. The summed E-state index contributed by atoms with van der Waals surface area (Å²) in [6.07, 6.45) is 1.66. The van der Waals surface area contributed by atoms with Crippen LogP contribution in [-0.4, -0.2) is 24.9 Å². The Morgan fingerprint density at radius 3 is 3.00 bits per heavy atom. The van der Waals surface area contributed by atoms with Crippen molar-refractivity contribution in [3.63, 3.8) is 0 Å². The van der Waals surface area contributed by atoms with Gasteiger partial charge in [-0.2, -0.15) is 5.10 Å². The van der Waals surface area contributed by atoms with E-state index in [1.165, 1.54) is 0 Å². The number of halogens is 1. The third-order valence-electron chi connectivity index (χ3n) is 2.78. The predicted molar refractivity (Wildman–Crippen MR) is 79.0 cm³/mol. The molecule has 0 aliphatic rings. The molecule has 0 unspecified atom stereocenters. The molecule has 2 aromatic heterocycles. The van der Waals surface area contributed by atoms with Crippen LogP contribution in [0.25, 0.3) is 11.0 Å². The maximum absolute atomic E-state index is 9.43. The zero-order valence-electron chi connectivity index (χ0n) is 10.6. The van der Waals surface area contributed by atoms with Gasteiger partial charge >= 0.3 is 0 Å². The molecule has 2 heterocycles. The van der Waals surface area contributed by atoms with Crippen LogP contribution in [-0.2, 0) is 12.8 Å². The third-order valence-corrected chi connectivity index (χ3v) is 4.06. The van der Waals surface area contributed by atoms with Crippen LogP contribution in [0.3, 0.4) is 0 Å². The number of phenols is 1. The SMILES string of the molecule is Cn1ncc2c(Cl)nc(CSc3cccc(O)c3)nc21. The first kappa shape index (κ1) is 13.2. The molecule has 5 nitrogen and oxygen atoms in total. The lowest BCUT2D eigenvalue weighted by atomic mass is 10.3. The first-order chi connectivity index (χ1) is 9.63. The minimum atomic E-state index is 0.246. The molecule has 0 amide bonds. The molecule has 102 valence electrons. The summed E-state index contributed by atoms with van der Waals surface area (Å²) >= 11 is 7.67. The van der Waals surface area contributed by atoms with Gasteiger partial charge in [0.1, 0.15) is 16.7 Å². The molecule has 0 atom stereocenters. The van der Waals surface area contributed by atoms with E-state index in [0.29, 0.717) is 16.7 Å². The number of thioether (sulfide) groups is 1. The number of fused-ring (bicyclic) bond motifs is 1. The smallest absolute Gasteiger partial charge is 0.162 e. The number of rotatable bonds is 3. The first-order valence-electron chi connectivity index (χ1n) is 5.89. The zero-order chi connectivity index (χ0) is 14.1. The highest BCUT2D eigenvalue weighted by Gasteiger charge is 2.10. The maximum Gasteiger partial charge on any atom is 0.162 e. The predicted octanol–water partition coefficient (Wildman–Crippen LogP) is 3.01. The lowest BCUT2D eigenvalue weighted by molar-refractivity contribution is 0.474. The highest BCUT2D eigenvalue weighted by atomic mass is 35.5. The van der Waals surface area contributed by atoms with Crippen molar-refractivity contribution in [1.82, 2.24) is 19.7 Å². The number of hydrogen-bond acceptors (Lipinski definition) is 5. The minimum Gasteiger partial charge on any atom is -0.508 e. The van der Waals surface area contributed by atoms with Gasteiger partial charge in [-0.25, -0.2) is 9.97 Å². The topological polar surface area (TPSA) is 63.8 Å². The first-order valence-corrected chi connectivity index (χ1v) is 7.26. The van der Waals surface area contributed by atoms with Gasteiger partial charge in [0.25, 0.3) is 0 Å². The third kappa shape index (κ3) is 2.57. The van der Waals surface area contributed by atoms with Crippen molar-refractivity contribution in [1.29, 1.82) is 0 Å². The summed E-state index contributed by atoms with van der Waals surface area (Å²) in [5.41, 5.74) is 0.719. The van der Waals surface area contributed by atoms with Gasteiger partial charge in [0, 0.05) is 11.9 Å². The van der Waals surface area contributed by atoms with Crippen LogP contribution in [0.5, 0.6) is 5.75 Å². The van der Waals surface area contributed by atoms with Gasteiger partial charge in [0.15, 0.2) is 5.65 Å². The Hall–Kier alpha value is -1.79. The van der Waals surface area contributed by atoms with Gasteiger partial charge in [-0.05, 0) is 18.2 Å². The molecule has 7 heteroatoms. The number of aryl methyl sites for hydroxylation is 1. The van der Waals surface area contributed by atoms with Crippen LogP contribution < -0.4 is 0 Å². The van der Waals surface area contributed by atoms with E-state index in [9.17, 15) is 5.11 Å². The molecule has 1 aromatic carbocycles. The summed E-state index contributed by atoms with van der Waals surface area (Å²) in [4.78, 5) is 9.68. The fourth-order valence-electron chi connectivity index (χ4n) is 1.82. The summed E-state index contributed by atoms with van der Waals surface area (Å²) < 4.78 is 1.67. The second kappa shape index (κ2) is 5.30. The van der Waals surface area contributed by atoms with Crippen LogP contribution >= 0.6 is 23.4 Å². The number of nitrogens with zero attached hydrogens (tertiary/aromatic N) is 4. The highest BCUT2D eigenvalue weighted by molar-refractivity contribution is 7.98. The van der Waals surface area contributed by atoms with Gasteiger partial charge in [0.05, 0.1) is 17.3 Å². The van der Waals surface area contributed by atoms with Gasteiger partial charge in [0.2, 0.25) is 0 Å². The van der Waals surface area contributed by atoms with E-state index in [1.54, 1.807) is 40.8 Å². The second-order valence-electron chi connectivity index (χ2n) is 4.22. The van der Waals surface area contributed by atoms with Gasteiger partial charge in [-0.1, -0.05) is 17.7 Å². The molecule has 0 spiro atoms. The van der Waals surface area contributed by atoms with Crippen LogP contribution in [0, 0.1) is 0 Å². The largest absolute Gasteiger partial charge is 0.508 e. The molecule has 20 heavy (non-hydrogen) atoms. The summed E-state index contributed by atoms with van der Waals surface area (Å²) in [5.74, 6) is 1.46. The van der Waals surface area contributed by atoms with E-state index in [4.69, 9.17) is 11.6 Å². The minimum absolute atomic E-state index is 0.246. The summed E-state index contributed by atoms with van der Waals surface area (Å²) in [5, 5.41) is 14.7. The number of phenolic OH excluding ortho intramolecular Hbond substituents is 1. The molecule has 3 aromatic rings. The van der Waals surface area contributed by atoms with Crippen LogP contribution in [0.1, 0.15) is 5.82 Å². The van der Waals surface area contributed by atoms with Gasteiger partial charge in [-0.3, -0.25) is 4.68 Å². The molecule has 0 saturated carbocycles. The Bertz CT molecular complexity index is 774. The van der Waals surface area contributed by atoms with E-state index < -0.39 is 0 Å². The standard InChI is InChI=1S/C13H11ClN4OS/c1-18-13-10(6-15-18)12(14)16-11(17-13)7-20-9-4-2-3-8(19)5-9/h2-6,19H,7H2,1H3. The monoisotopic (exact) mass is 306 g/mol. The van der Waals surface area contributed by atoms with Crippen molar-refractivity contribution in [2.75, 3.05) is 0 Å². The zero-order valence-corrected chi connectivity index (χ0v) is 12.2. The molecule has 0 aliphatic heterocycles. The lowest BCUT2D eigenvalue weighted by Crippen LogP contribution is -1.98. The highest BCUT2D eigenvalue weighted by Crippen LogP contribution is 2.26. The van der Waals surface area contributed by atoms with E-state index in [1.807, 2.05) is 13.1 Å². The molecule has 0 aliphatic carbocycles. The second-order valence-corrected chi connectivity index (χ2v) is 5.63. The molecule has 0 radical (unpaired) electrons. The Balaban J connectivity index is 1.86. The van der Waals surface area contributed by atoms with E-state index in [-0.39, 0.29) is 5.75 Å². The average molecular weight is 307 g/mol. The van der Waals surface area contributed by atoms with Crippen molar-refractivity contribution >= 4 is 34.4 Å². The maximum atomic E-state index is 9.43. The van der Waals surface area contributed by atoms with E-state index in [0.717, 1.165) is 15.9 Å². The van der Waals surface area contributed by atoms with E-state index in [2.05, 4.69) is 15.1 Å². The number of hydrogen-bond donors (Lipinski definition) is 1.